The fraction of sp³-hybridized carbons (Fsp3) is 0.111. The molecule has 0 spiro atoms. The molecule has 0 bridgehead atoms. The molecule has 3 aromatic heterocycles. The second-order valence-electron chi connectivity index (χ2n) is 5.48. The van der Waals surface area contributed by atoms with Gasteiger partial charge < -0.3 is 5.32 Å². The molecule has 0 atom stereocenters. The van der Waals surface area contributed by atoms with Gasteiger partial charge in [0.05, 0.1) is 11.4 Å². The summed E-state index contributed by atoms with van der Waals surface area (Å²) in [5.74, 6) is 0.773. The Hall–Kier alpha value is -3.28. The molecule has 0 aliphatic carbocycles. The third kappa shape index (κ3) is 2.81. The van der Waals surface area contributed by atoms with Gasteiger partial charge >= 0.3 is 0 Å². The number of hydrogen-bond acceptors (Lipinski definition) is 5. The van der Waals surface area contributed by atoms with Crippen LogP contribution in [0.15, 0.2) is 61.1 Å². The average Bonchev–Trinajstić information content (AvgIpc) is 3.06. The Bertz CT molecular complexity index is 991. The first-order valence-electron chi connectivity index (χ1n) is 7.72. The molecule has 6 nitrogen and oxygen atoms in total. The molecule has 0 amide bonds. The maximum absolute atomic E-state index is 4.49. The zero-order valence-electron chi connectivity index (χ0n) is 13.2. The molecule has 0 aliphatic heterocycles. The number of anilines is 1. The first-order valence-corrected chi connectivity index (χ1v) is 7.72. The SMILES string of the molecule is Cc1ccn(-c2ccccc2CNc2ccc3nccnc3n2)n1. The summed E-state index contributed by atoms with van der Waals surface area (Å²) < 4.78 is 1.89. The van der Waals surface area contributed by atoms with E-state index in [2.05, 4.69) is 37.5 Å². The largest absolute Gasteiger partial charge is 0.366 e. The fourth-order valence-electron chi connectivity index (χ4n) is 2.57. The zero-order chi connectivity index (χ0) is 16.4. The van der Waals surface area contributed by atoms with Gasteiger partial charge in [0, 0.05) is 25.1 Å². The van der Waals surface area contributed by atoms with Crippen molar-refractivity contribution in [1.82, 2.24) is 24.7 Å². The molecule has 24 heavy (non-hydrogen) atoms. The molecule has 0 unspecified atom stereocenters. The number of fused-ring (bicyclic) bond motifs is 1. The molecule has 4 rings (SSSR count). The molecule has 118 valence electrons. The molecule has 0 radical (unpaired) electrons. The Labute approximate surface area is 139 Å². The Morgan fingerprint density at radius 2 is 1.88 bits per heavy atom. The van der Waals surface area contributed by atoms with E-state index in [0.717, 1.165) is 28.3 Å². The summed E-state index contributed by atoms with van der Waals surface area (Å²) in [7, 11) is 0. The number of nitrogens with zero attached hydrogens (tertiary/aromatic N) is 5. The van der Waals surface area contributed by atoms with Gasteiger partial charge in [0.2, 0.25) is 0 Å². The van der Waals surface area contributed by atoms with Gasteiger partial charge in [-0.2, -0.15) is 5.10 Å². The van der Waals surface area contributed by atoms with Gasteiger partial charge in [-0.05, 0) is 36.8 Å². The molecular formula is C18H16N6. The van der Waals surface area contributed by atoms with Gasteiger partial charge in [-0.3, -0.25) is 4.98 Å². The minimum Gasteiger partial charge on any atom is -0.366 e. The van der Waals surface area contributed by atoms with Crippen LogP contribution in [0.1, 0.15) is 11.3 Å². The van der Waals surface area contributed by atoms with Crippen molar-refractivity contribution in [1.29, 1.82) is 0 Å². The highest BCUT2D eigenvalue weighted by Gasteiger charge is 2.06. The van der Waals surface area contributed by atoms with E-state index >= 15 is 0 Å². The maximum atomic E-state index is 4.49. The number of rotatable bonds is 4. The predicted octanol–water partition coefficient (Wildman–Crippen LogP) is 3.13. The van der Waals surface area contributed by atoms with Gasteiger partial charge in [0.25, 0.3) is 0 Å². The van der Waals surface area contributed by atoms with Crippen LogP contribution in [0, 0.1) is 6.92 Å². The standard InChI is InChI=1S/C18H16N6/c1-13-8-11-24(23-13)16-5-3-2-4-14(16)12-21-17-7-6-15-18(22-17)20-10-9-19-15/h2-11H,12H2,1H3,(H,20,21,22). The van der Waals surface area contributed by atoms with Gasteiger partial charge in [-0.15, -0.1) is 0 Å². The van der Waals surface area contributed by atoms with Crippen molar-refractivity contribution in [2.24, 2.45) is 0 Å². The van der Waals surface area contributed by atoms with Gasteiger partial charge in [0.15, 0.2) is 5.65 Å². The molecule has 1 N–H and O–H groups in total. The molecule has 3 heterocycles. The van der Waals surface area contributed by atoms with Gasteiger partial charge in [-0.25, -0.2) is 14.6 Å². The molecule has 1 aromatic carbocycles. The number of hydrogen-bond donors (Lipinski definition) is 1. The highest BCUT2D eigenvalue weighted by molar-refractivity contribution is 5.71. The fourth-order valence-corrected chi connectivity index (χ4v) is 2.57. The topological polar surface area (TPSA) is 68.5 Å². The number of pyridine rings is 1. The maximum Gasteiger partial charge on any atom is 0.180 e. The van der Waals surface area contributed by atoms with E-state index in [1.807, 2.05) is 48.1 Å². The summed E-state index contributed by atoms with van der Waals surface area (Å²) in [6, 6.07) is 14.0. The van der Waals surface area contributed by atoms with Crippen molar-refractivity contribution in [3.8, 4) is 5.69 Å². The van der Waals surface area contributed by atoms with E-state index in [1.165, 1.54) is 0 Å². The Morgan fingerprint density at radius 1 is 1.00 bits per heavy atom. The van der Waals surface area contributed by atoms with Crippen molar-refractivity contribution in [2.45, 2.75) is 13.5 Å². The van der Waals surface area contributed by atoms with E-state index in [9.17, 15) is 0 Å². The summed E-state index contributed by atoms with van der Waals surface area (Å²) in [5, 5.41) is 7.84. The van der Waals surface area contributed by atoms with Crippen LogP contribution in [0.4, 0.5) is 5.82 Å². The Kier molecular flexibility index (Phi) is 3.63. The van der Waals surface area contributed by atoms with Crippen LogP contribution < -0.4 is 5.32 Å². The van der Waals surface area contributed by atoms with Crippen LogP contribution in [-0.4, -0.2) is 24.7 Å². The summed E-state index contributed by atoms with van der Waals surface area (Å²) >= 11 is 0. The van der Waals surface area contributed by atoms with Crippen molar-refractivity contribution in [3.63, 3.8) is 0 Å². The summed E-state index contributed by atoms with van der Waals surface area (Å²) in [5.41, 5.74) is 4.61. The lowest BCUT2D eigenvalue weighted by Gasteiger charge is -2.11. The molecular weight excluding hydrogens is 300 g/mol. The smallest absolute Gasteiger partial charge is 0.180 e. The number of benzene rings is 1. The molecule has 4 aromatic rings. The normalized spacial score (nSPS) is 10.9. The second-order valence-corrected chi connectivity index (χ2v) is 5.48. The number of nitrogens with one attached hydrogen (secondary N) is 1. The molecule has 6 heteroatoms. The number of aryl methyl sites for hydroxylation is 1. The van der Waals surface area contributed by atoms with E-state index in [1.54, 1.807) is 12.4 Å². The summed E-state index contributed by atoms with van der Waals surface area (Å²) in [6.07, 6.45) is 5.28. The van der Waals surface area contributed by atoms with E-state index in [4.69, 9.17) is 0 Å². The quantitative estimate of drug-likeness (QED) is 0.626. The number of aromatic nitrogens is 5. The molecule has 0 aliphatic rings. The minimum atomic E-state index is 0.637. The lowest BCUT2D eigenvalue weighted by Crippen LogP contribution is -2.06. The third-order valence-electron chi connectivity index (χ3n) is 3.75. The minimum absolute atomic E-state index is 0.637. The molecule has 0 saturated heterocycles. The van der Waals surface area contributed by atoms with Crippen LogP contribution in [0.3, 0.4) is 0 Å². The third-order valence-corrected chi connectivity index (χ3v) is 3.75. The second kappa shape index (κ2) is 6.08. The lowest BCUT2D eigenvalue weighted by molar-refractivity contribution is 0.848. The van der Waals surface area contributed by atoms with Crippen LogP contribution >= 0.6 is 0 Å². The van der Waals surface area contributed by atoms with E-state index < -0.39 is 0 Å². The van der Waals surface area contributed by atoms with Crippen molar-refractivity contribution in [3.05, 3.63) is 72.3 Å². The average molecular weight is 316 g/mol. The molecule has 0 fully saturated rings. The molecule has 0 saturated carbocycles. The summed E-state index contributed by atoms with van der Waals surface area (Å²) in [6.45, 7) is 2.63. The zero-order valence-corrected chi connectivity index (χ0v) is 13.2. The van der Waals surface area contributed by atoms with Crippen LogP contribution in [-0.2, 0) is 6.54 Å². The van der Waals surface area contributed by atoms with Gasteiger partial charge in [-0.1, -0.05) is 18.2 Å². The van der Waals surface area contributed by atoms with Crippen molar-refractivity contribution < 1.29 is 0 Å². The van der Waals surface area contributed by atoms with Crippen LogP contribution in [0.2, 0.25) is 0 Å². The van der Waals surface area contributed by atoms with Gasteiger partial charge in [0.1, 0.15) is 11.3 Å². The van der Waals surface area contributed by atoms with E-state index in [-0.39, 0.29) is 0 Å². The predicted molar refractivity (Wildman–Crippen MR) is 93.0 cm³/mol. The highest BCUT2D eigenvalue weighted by atomic mass is 15.3. The van der Waals surface area contributed by atoms with Crippen LogP contribution in [0.5, 0.6) is 0 Å². The highest BCUT2D eigenvalue weighted by Crippen LogP contribution is 2.17. The number of para-hydroxylation sites is 1. The first kappa shape index (κ1) is 14.3. The van der Waals surface area contributed by atoms with Crippen molar-refractivity contribution >= 4 is 17.0 Å². The van der Waals surface area contributed by atoms with E-state index in [0.29, 0.717) is 12.2 Å². The van der Waals surface area contributed by atoms with Crippen molar-refractivity contribution in [2.75, 3.05) is 5.32 Å². The monoisotopic (exact) mass is 316 g/mol. The summed E-state index contributed by atoms with van der Waals surface area (Å²) in [4.78, 5) is 13.0. The van der Waals surface area contributed by atoms with Crippen LogP contribution in [0.25, 0.3) is 16.9 Å². The Morgan fingerprint density at radius 3 is 2.75 bits per heavy atom. The lowest BCUT2D eigenvalue weighted by atomic mass is 10.2. The first-order chi connectivity index (χ1) is 11.8. The Balaban J connectivity index is 1.59.